The van der Waals surface area contributed by atoms with Crippen LogP contribution in [-0.2, 0) is 18.9 Å². The smallest absolute Gasteiger partial charge is 0.218 e. The Morgan fingerprint density at radius 2 is 1.60 bits per heavy atom. The lowest BCUT2D eigenvalue weighted by molar-refractivity contribution is -0.239. The van der Waals surface area contributed by atoms with E-state index in [1.807, 2.05) is 0 Å². The topological polar surface area (TPSA) is 40.2 Å². The summed E-state index contributed by atoms with van der Waals surface area (Å²) < 4.78 is 21.7. The third-order valence-corrected chi connectivity index (χ3v) is 3.07. The maximum Gasteiger partial charge on any atom is 0.218 e. The van der Waals surface area contributed by atoms with Gasteiger partial charge in [-0.05, 0) is 0 Å². The first-order chi connectivity index (χ1) is 7.29. The van der Waals surface area contributed by atoms with Crippen LogP contribution in [0.5, 0.6) is 0 Å². The SMILES string of the molecule is COC(OC)N1CCC2(CC1)OCCO2. The van der Waals surface area contributed by atoms with Crippen LogP contribution in [0.4, 0.5) is 0 Å². The molecule has 2 saturated heterocycles. The Morgan fingerprint density at radius 1 is 1.07 bits per heavy atom. The Bertz CT molecular complexity index is 192. The molecule has 15 heavy (non-hydrogen) atoms. The zero-order chi connectivity index (χ0) is 10.7. The largest absolute Gasteiger partial charge is 0.347 e. The first-order valence-electron chi connectivity index (χ1n) is 5.37. The van der Waals surface area contributed by atoms with Crippen molar-refractivity contribution in [1.29, 1.82) is 0 Å². The highest BCUT2D eigenvalue weighted by atomic mass is 16.7. The molecule has 2 heterocycles. The third kappa shape index (κ3) is 2.32. The van der Waals surface area contributed by atoms with Gasteiger partial charge in [0.2, 0.25) is 6.41 Å². The summed E-state index contributed by atoms with van der Waals surface area (Å²) in [5.74, 6) is -0.317. The van der Waals surface area contributed by atoms with Crippen LogP contribution in [0.1, 0.15) is 12.8 Å². The maximum atomic E-state index is 5.65. The summed E-state index contributed by atoms with van der Waals surface area (Å²) in [7, 11) is 3.31. The summed E-state index contributed by atoms with van der Waals surface area (Å²) in [5.41, 5.74) is 0. The van der Waals surface area contributed by atoms with E-state index in [4.69, 9.17) is 18.9 Å². The van der Waals surface area contributed by atoms with E-state index in [-0.39, 0.29) is 12.2 Å². The van der Waals surface area contributed by atoms with Crippen LogP contribution in [-0.4, -0.2) is 57.6 Å². The number of methoxy groups -OCH3 is 2. The fourth-order valence-electron chi connectivity index (χ4n) is 2.26. The molecule has 2 fully saturated rings. The third-order valence-electron chi connectivity index (χ3n) is 3.07. The second kappa shape index (κ2) is 4.76. The summed E-state index contributed by atoms with van der Waals surface area (Å²) >= 11 is 0. The molecule has 0 radical (unpaired) electrons. The first kappa shape index (κ1) is 11.3. The van der Waals surface area contributed by atoms with Crippen LogP contribution >= 0.6 is 0 Å². The monoisotopic (exact) mass is 217 g/mol. The minimum Gasteiger partial charge on any atom is -0.347 e. The van der Waals surface area contributed by atoms with E-state index in [2.05, 4.69) is 4.90 Å². The lowest BCUT2D eigenvalue weighted by atomic mass is 10.0. The van der Waals surface area contributed by atoms with E-state index in [0.717, 1.165) is 39.1 Å². The van der Waals surface area contributed by atoms with Gasteiger partial charge in [-0.3, -0.25) is 4.90 Å². The van der Waals surface area contributed by atoms with Crippen LogP contribution < -0.4 is 0 Å². The van der Waals surface area contributed by atoms with Gasteiger partial charge < -0.3 is 18.9 Å². The molecule has 5 nitrogen and oxygen atoms in total. The van der Waals surface area contributed by atoms with Crippen molar-refractivity contribution in [3.63, 3.8) is 0 Å². The zero-order valence-electron chi connectivity index (χ0n) is 9.40. The van der Waals surface area contributed by atoms with Gasteiger partial charge in [0.15, 0.2) is 5.79 Å². The van der Waals surface area contributed by atoms with E-state index in [0.29, 0.717) is 0 Å². The Labute approximate surface area is 90.2 Å². The first-order valence-corrected chi connectivity index (χ1v) is 5.37. The number of nitrogens with zero attached hydrogens (tertiary/aromatic N) is 1. The van der Waals surface area contributed by atoms with Crippen molar-refractivity contribution in [2.45, 2.75) is 25.0 Å². The fourth-order valence-corrected chi connectivity index (χ4v) is 2.26. The minimum absolute atomic E-state index is 0.247. The van der Waals surface area contributed by atoms with Crippen molar-refractivity contribution in [3.8, 4) is 0 Å². The molecular weight excluding hydrogens is 198 g/mol. The van der Waals surface area contributed by atoms with E-state index >= 15 is 0 Å². The molecule has 0 aromatic heterocycles. The molecule has 1 spiro atoms. The Hall–Kier alpha value is -0.200. The lowest BCUT2D eigenvalue weighted by Crippen LogP contribution is -2.49. The molecule has 0 saturated carbocycles. The van der Waals surface area contributed by atoms with Crippen molar-refractivity contribution < 1.29 is 18.9 Å². The molecule has 0 unspecified atom stereocenters. The van der Waals surface area contributed by atoms with Crippen molar-refractivity contribution in [3.05, 3.63) is 0 Å². The quantitative estimate of drug-likeness (QED) is 0.640. The normalized spacial score (nSPS) is 26.6. The van der Waals surface area contributed by atoms with Gasteiger partial charge >= 0.3 is 0 Å². The number of rotatable bonds is 3. The molecule has 0 amide bonds. The number of piperidine rings is 1. The van der Waals surface area contributed by atoms with Gasteiger partial charge in [-0.25, -0.2) is 0 Å². The average molecular weight is 217 g/mol. The van der Waals surface area contributed by atoms with Gasteiger partial charge in [0.1, 0.15) is 0 Å². The van der Waals surface area contributed by atoms with Crippen molar-refractivity contribution in [2.75, 3.05) is 40.5 Å². The number of hydrogen-bond donors (Lipinski definition) is 0. The van der Waals surface area contributed by atoms with Crippen LogP contribution in [0.3, 0.4) is 0 Å². The second-order valence-corrected chi connectivity index (χ2v) is 3.92. The van der Waals surface area contributed by atoms with Gasteiger partial charge in [0.05, 0.1) is 13.2 Å². The highest BCUT2D eigenvalue weighted by Crippen LogP contribution is 2.31. The average Bonchev–Trinajstić information content (AvgIpc) is 2.72. The van der Waals surface area contributed by atoms with Crippen LogP contribution in [0.15, 0.2) is 0 Å². The molecule has 0 aromatic rings. The van der Waals surface area contributed by atoms with E-state index in [1.165, 1.54) is 0 Å². The van der Waals surface area contributed by atoms with Gasteiger partial charge in [0, 0.05) is 40.2 Å². The maximum absolute atomic E-state index is 5.65. The van der Waals surface area contributed by atoms with E-state index in [1.54, 1.807) is 14.2 Å². The summed E-state index contributed by atoms with van der Waals surface area (Å²) in [6.45, 7) is 3.20. The molecule has 0 bridgehead atoms. The van der Waals surface area contributed by atoms with Crippen molar-refractivity contribution >= 4 is 0 Å². The molecular formula is C10H19NO4. The fraction of sp³-hybridized carbons (Fsp3) is 1.00. The van der Waals surface area contributed by atoms with Crippen molar-refractivity contribution in [1.82, 2.24) is 4.90 Å². The van der Waals surface area contributed by atoms with E-state index in [9.17, 15) is 0 Å². The molecule has 5 heteroatoms. The molecule has 0 aromatic carbocycles. The number of hydrogen-bond acceptors (Lipinski definition) is 5. The zero-order valence-corrected chi connectivity index (χ0v) is 9.40. The molecule has 0 N–H and O–H groups in total. The Morgan fingerprint density at radius 3 is 2.07 bits per heavy atom. The standard InChI is InChI=1S/C10H19NO4/c1-12-9(13-2)11-5-3-10(4-6-11)14-7-8-15-10/h9H,3-8H2,1-2H3. The predicted molar refractivity (Wildman–Crippen MR) is 53.2 cm³/mol. The summed E-state index contributed by atoms with van der Waals surface area (Å²) in [6, 6.07) is 0. The molecule has 0 atom stereocenters. The highest BCUT2D eigenvalue weighted by Gasteiger charge is 2.41. The minimum atomic E-state index is -0.317. The second-order valence-electron chi connectivity index (χ2n) is 3.92. The summed E-state index contributed by atoms with van der Waals surface area (Å²) in [4.78, 5) is 2.15. The van der Waals surface area contributed by atoms with Crippen molar-refractivity contribution in [2.24, 2.45) is 0 Å². The molecule has 88 valence electrons. The molecule has 2 aliphatic heterocycles. The number of likely N-dealkylation sites (tertiary alicyclic amines) is 1. The van der Waals surface area contributed by atoms with Crippen LogP contribution in [0.2, 0.25) is 0 Å². The predicted octanol–water partition coefficient (Wildman–Crippen LogP) is 0.402. The molecule has 0 aliphatic carbocycles. The summed E-state index contributed by atoms with van der Waals surface area (Å²) in [5, 5.41) is 0. The van der Waals surface area contributed by atoms with Gasteiger partial charge in [-0.15, -0.1) is 0 Å². The Kier molecular flexibility index (Phi) is 3.58. The van der Waals surface area contributed by atoms with Gasteiger partial charge in [-0.1, -0.05) is 0 Å². The number of ether oxygens (including phenoxy) is 4. The Balaban J connectivity index is 1.85. The van der Waals surface area contributed by atoms with Gasteiger partial charge in [0.25, 0.3) is 0 Å². The highest BCUT2D eigenvalue weighted by molar-refractivity contribution is 4.82. The van der Waals surface area contributed by atoms with Crippen LogP contribution in [0.25, 0.3) is 0 Å². The molecule has 2 rings (SSSR count). The van der Waals surface area contributed by atoms with Gasteiger partial charge in [-0.2, -0.15) is 0 Å². The lowest BCUT2D eigenvalue weighted by Gasteiger charge is -2.39. The summed E-state index contributed by atoms with van der Waals surface area (Å²) in [6.07, 6.45) is 1.52. The van der Waals surface area contributed by atoms with E-state index < -0.39 is 0 Å². The van der Waals surface area contributed by atoms with Crippen LogP contribution in [0, 0.1) is 0 Å². The molecule has 2 aliphatic rings.